The molecule has 518 valence electrons. The van der Waals surface area contributed by atoms with Gasteiger partial charge < -0.3 is 65.1 Å². The Kier molecular flexibility index (Phi) is 55.5. The van der Waals surface area contributed by atoms with Crippen molar-refractivity contribution in [1.82, 2.24) is 5.32 Å². The van der Waals surface area contributed by atoms with Gasteiger partial charge in [-0.15, -0.1) is 0 Å². The third-order valence-electron chi connectivity index (χ3n) is 19.1. The normalized spacial score (nSPS) is 23.1. The van der Waals surface area contributed by atoms with Crippen molar-refractivity contribution in [2.75, 3.05) is 19.8 Å². The average Bonchev–Trinajstić information content (AvgIpc) is 2.58. The summed E-state index contributed by atoms with van der Waals surface area (Å²) in [4.78, 5) is 13.4. The third-order valence-corrected chi connectivity index (χ3v) is 19.1. The SMILES string of the molecule is CCCCCCCCCCCCCCCCCCCCCCCCCCCCCC(=O)NC(COC1OC(CO)C(OC2OC(CO)C(O)C(O)C2O)C(O)C1O)C(O)CCCCCCCCCCCCCCCCCCCCCCCCCCCC. The number of aliphatic hydroxyl groups is 8. The maximum Gasteiger partial charge on any atom is 0.220 e. The molecule has 14 nitrogen and oxygen atoms in total. The number of nitrogens with one attached hydrogen (secondary N) is 1. The molecule has 0 aromatic carbocycles. The molecule has 0 aliphatic carbocycles. The van der Waals surface area contributed by atoms with Crippen molar-refractivity contribution in [3.63, 3.8) is 0 Å². The standard InChI is InChI=1S/C73H143NO13/c1-3-5-7-9-11-13-15-17-19-21-23-25-27-29-31-33-35-37-39-41-43-45-47-49-51-53-55-57-65(78)74-61(60-84-72-70(83)68(81)71(64(59-76)86-72)87-73-69(82)67(80)66(79)63(58-75)85-73)62(77)56-54-52-50-48-46-44-42-40-38-36-34-32-30-28-26-24-22-20-18-16-14-12-10-8-6-4-2/h61-64,66-73,75-77,79-83H,3-60H2,1-2H3,(H,74,78). The number of hydrogen-bond donors (Lipinski definition) is 9. The Bertz CT molecular complexity index is 1460. The Balaban J connectivity index is 1.63. The van der Waals surface area contributed by atoms with Gasteiger partial charge in [-0.2, -0.15) is 0 Å². The predicted molar refractivity (Wildman–Crippen MR) is 356 cm³/mol. The van der Waals surface area contributed by atoms with Crippen molar-refractivity contribution < 1.29 is 64.6 Å². The molecule has 0 aromatic heterocycles. The Hall–Kier alpha value is -1.01. The van der Waals surface area contributed by atoms with Crippen LogP contribution in [-0.4, -0.2) is 140 Å². The van der Waals surface area contributed by atoms with Crippen LogP contribution in [0.1, 0.15) is 367 Å². The minimum absolute atomic E-state index is 0.196. The first kappa shape index (κ1) is 82.1. The molecule has 2 aliphatic heterocycles. The van der Waals surface area contributed by atoms with Crippen LogP contribution in [0.2, 0.25) is 0 Å². The van der Waals surface area contributed by atoms with Gasteiger partial charge in [0.2, 0.25) is 5.91 Å². The summed E-state index contributed by atoms with van der Waals surface area (Å²) in [5, 5.41) is 87.7. The van der Waals surface area contributed by atoms with E-state index in [2.05, 4.69) is 19.2 Å². The molecular formula is C73H143NO13. The fourth-order valence-electron chi connectivity index (χ4n) is 13.1. The van der Waals surface area contributed by atoms with Crippen LogP contribution in [0, 0.1) is 0 Å². The van der Waals surface area contributed by atoms with E-state index in [0.717, 1.165) is 51.4 Å². The minimum atomic E-state index is -1.78. The Morgan fingerprint density at radius 3 is 0.977 bits per heavy atom. The monoisotopic (exact) mass is 1240 g/mol. The molecule has 2 rings (SSSR count). The number of hydrogen-bond acceptors (Lipinski definition) is 13. The van der Waals surface area contributed by atoms with E-state index >= 15 is 0 Å². The molecule has 2 fully saturated rings. The van der Waals surface area contributed by atoms with Gasteiger partial charge >= 0.3 is 0 Å². The highest BCUT2D eigenvalue weighted by Gasteiger charge is 2.51. The van der Waals surface area contributed by atoms with Crippen LogP contribution in [-0.2, 0) is 23.7 Å². The minimum Gasteiger partial charge on any atom is -0.394 e. The van der Waals surface area contributed by atoms with Crippen molar-refractivity contribution in [2.24, 2.45) is 0 Å². The maximum atomic E-state index is 13.4. The molecule has 0 bridgehead atoms. The summed E-state index contributed by atoms with van der Waals surface area (Å²) in [7, 11) is 0. The number of amides is 1. The van der Waals surface area contributed by atoms with Gasteiger partial charge in [-0.1, -0.05) is 348 Å². The van der Waals surface area contributed by atoms with Crippen molar-refractivity contribution in [3.05, 3.63) is 0 Å². The van der Waals surface area contributed by atoms with E-state index in [-0.39, 0.29) is 12.5 Å². The predicted octanol–water partition coefficient (Wildman–Crippen LogP) is 16.0. The van der Waals surface area contributed by atoms with E-state index in [1.807, 2.05) is 0 Å². The van der Waals surface area contributed by atoms with E-state index in [1.54, 1.807) is 0 Å². The molecule has 1 amide bonds. The lowest BCUT2D eigenvalue weighted by Gasteiger charge is -2.46. The van der Waals surface area contributed by atoms with E-state index in [0.29, 0.717) is 12.8 Å². The summed E-state index contributed by atoms with van der Waals surface area (Å²) in [6, 6.07) is -0.825. The Morgan fingerprint density at radius 2 is 0.655 bits per heavy atom. The van der Waals surface area contributed by atoms with Gasteiger partial charge in [0, 0.05) is 6.42 Å². The smallest absolute Gasteiger partial charge is 0.220 e. The Labute approximate surface area is 534 Å². The Morgan fingerprint density at radius 1 is 0.368 bits per heavy atom. The highest BCUT2D eigenvalue weighted by molar-refractivity contribution is 5.76. The van der Waals surface area contributed by atoms with Crippen molar-refractivity contribution in [3.8, 4) is 0 Å². The second-order valence-corrected chi connectivity index (χ2v) is 27.1. The number of carbonyl (C=O) groups excluding carboxylic acids is 1. The van der Waals surface area contributed by atoms with Crippen LogP contribution in [0.15, 0.2) is 0 Å². The highest BCUT2D eigenvalue weighted by Crippen LogP contribution is 2.30. The fraction of sp³-hybridized carbons (Fsp3) is 0.986. The lowest BCUT2D eigenvalue weighted by Crippen LogP contribution is -2.65. The van der Waals surface area contributed by atoms with Crippen LogP contribution < -0.4 is 5.32 Å². The van der Waals surface area contributed by atoms with E-state index in [4.69, 9.17) is 18.9 Å². The van der Waals surface area contributed by atoms with Gasteiger partial charge in [0.05, 0.1) is 32.0 Å². The number of unbranched alkanes of at least 4 members (excludes halogenated alkanes) is 51. The molecule has 2 saturated heterocycles. The summed E-state index contributed by atoms with van der Waals surface area (Å²) < 4.78 is 23.0. The van der Waals surface area contributed by atoms with Gasteiger partial charge in [0.15, 0.2) is 12.6 Å². The molecule has 0 spiro atoms. The molecule has 0 radical (unpaired) electrons. The number of ether oxygens (including phenoxy) is 4. The molecular weight excluding hydrogens is 1100 g/mol. The van der Waals surface area contributed by atoms with Crippen LogP contribution >= 0.6 is 0 Å². The van der Waals surface area contributed by atoms with Gasteiger partial charge in [-0.3, -0.25) is 4.79 Å². The largest absolute Gasteiger partial charge is 0.394 e. The third kappa shape index (κ3) is 42.8. The van der Waals surface area contributed by atoms with Gasteiger partial charge in [0.1, 0.15) is 48.8 Å². The molecule has 2 aliphatic rings. The first-order chi connectivity index (χ1) is 42.6. The summed E-state index contributed by atoms with van der Waals surface area (Å²) >= 11 is 0. The second-order valence-electron chi connectivity index (χ2n) is 27.1. The summed E-state index contributed by atoms with van der Waals surface area (Å²) in [5.74, 6) is -0.196. The van der Waals surface area contributed by atoms with E-state index in [1.165, 1.54) is 289 Å². The van der Waals surface area contributed by atoms with Gasteiger partial charge in [-0.05, 0) is 12.8 Å². The topological polar surface area (TPSA) is 228 Å². The van der Waals surface area contributed by atoms with Crippen molar-refractivity contribution in [1.29, 1.82) is 0 Å². The summed E-state index contributed by atoms with van der Waals surface area (Å²) in [6.07, 6.45) is 54.2. The molecule has 0 aromatic rings. The first-order valence-electron chi connectivity index (χ1n) is 37.8. The maximum absolute atomic E-state index is 13.4. The molecule has 12 atom stereocenters. The fourth-order valence-corrected chi connectivity index (χ4v) is 13.1. The number of aliphatic hydroxyl groups excluding tert-OH is 8. The van der Waals surface area contributed by atoms with E-state index < -0.39 is 86.8 Å². The molecule has 9 N–H and O–H groups in total. The van der Waals surface area contributed by atoms with Gasteiger partial charge in [0.25, 0.3) is 0 Å². The lowest BCUT2D eigenvalue weighted by atomic mass is 9.97. The molecule has 12 unspecified atom stereocenters. The molecule has 14 heteroatoms. The lowest BCUT2D eigenvalue weighted by molar-refractivity contribution is -0.359. The van der Waals surface area contributed by atoms with Crippen LogP contribution in [0.4, 0.5) is 0 Å². The van der Waals surface area contributed by atoms with Crippen LogP contribution in [0.3, 0.4) is 0 Å². The molecule has 2 heterocycles. The summed E-state index contributed by atoms with van der Waals surface area (Å²) in [6.45, 7) is 2.94. The number of rotatable bonds is 64. The second kappa shape index (κ2) is 58.8. The zero-order valence-electron chi connectivity index (χ0n) is 56.6. The van der Waals surface area contributed by atoms with Gasteiger partial charge in [-0.25, -0.2) is 0 Å². The molecule has 87 heavy (non-hydrogen) atoms. The van der Waals surface area contributed by atoms with Crippen LogP contribution in [0.25, 0.3) is 0 Å². The molecule has 0 saturated carbocycles. The average molecular weight is 1240 g/mol. The number of carbonyl (C=O) groups is 1. The first-order valence-corrected chi connectivity index (χ1v) is 37.8. The quantitative estimate of drug-likeness (QED) is 0.0259. The van der Waals surface area contributed by atoms with Crippen molar-refractivity contribution in [2.45, 2.75) is 441 Å². The van der Waals surface area contributed by atoms with E-state index in [9.17, 15) is 45.6 Å². The zero-order chi connectivity index (χ0) is 63.1. The zero-order valence-corrected chi connectivity index (χ0v) is 56.6. The highest BCUT2D eigenvalue weighted by atomic mass is 16.7. The van der Waals surface area contributed by atoms with Crippen molar-refractivity contribution >= 4 is 5.91 Å². The van der Waals surface area contributed by atoms with Crippen LogP contribution in [0.5, 0.6) is 0 Å². The summed E-state index contributed by atoms with van der Waals surface area (Å²) in [5.41, 5.74) is 0.